The lowest BCUT2D eigenvalue weighted by Gasteiger charge is -2.06. The van der Waals surface area contributed by atoms with Gasteiger partial charge in [-0.25, -0.2) is 14.8 Å². The highest BCUT2D eigenvalue weighted by Gasteiger charge is 2.12. The summed E-state index contributed by atoms with van der Waals surface area (Å²) < 4.78 is 0. The molecule has 3 aromatic rings. The number of urea groups is 1. The van der Waals surface area contributed by atoms with Crippen molar-refractivity contribution < 1.29 is 9.59 Å². The standard InChI is InChI=1S/C19H17Cl2N5O2S/c1-22-19(28)26-18-24-9-7-14(25-18)15-4-5-16(29-15)17(27)23-8-6-11-2-3-12(20)10-13(11)21/h2-5,7,9-10H,6,8H2,1H3,(H,23,27)(H2,22,24,25,26,28). The van der Waals surface area contributed by atoms with Crippen LogP contribution in [0, 0.1) is 0 Å². The van der Waals surface area contributed by atoms with E-state index in [0.717, 1.165) is 10.4 Å². The molecule has 1 aromatic carbocycles. The molecule has 3 rings (SSSR count). The number of carbonyl (C=O) groups is 2. The predicted octanol–water partition coefficient (Wildman–Crippen LogP) is 4.24. The van der Waals surface area contributed by atoms with Crippen LogP contribution in [0.4, 0.5) is 10.7 Å². The van der Waals surface area contributed by atoms with Gasteiger partial charge in [0.2, 0.25) is 5.95 Å². The molecular weight excluding hydrogens is 433 g/mol. The molecule has 0 bridgehead atoms. The van der Waals surface area contributed by atoms with Gasteiger partial charge in [0.15, 0.2) is 0 Å². The van der Waals surface area contributed by atoms with E-state index in [-0.39, 0.29) is 11.9 Å². The number of hydrogen-bond donors (Lipinski definition) is 3. The van der Waals surface area contributed by atoms with Crippen LogP contribution < -0.4 is 16.0 Å². The number of anilines is 1. The first kappa shape index (κ1) is 21.0. The molecule has 0 aliphatic rings. The Kier molecular flexibility index (Phi) is 7.03. The van der Waals surface area contributed by atoms with E-state index in [0.29, 0.717) is 33.6 Å². The van der Waals surface area contributed by atoms with Gasteiger partial charge in [-0.1, -0.05) is 29.3 Å². The molecule has 3 amide bonds. The Morgan fingerprint density at radius 3 is 2.72 bits per heavy atom. The maximum Gasteiger partial charge on any atom is 0.321 e. The predicted molar refractivity (Wildman–Crippen MR) is 116 cm³/mol. The molecule has 0 spiro atoms. The van der Waals surface area contributed by atoms with Crippen LogP contribution in [-0.2, 0) is 6.42 Å². The van der Waals surface area contributed by atoms with E-state index in [2.05, 4.69) is 25.9 Å². The zero-order chi connectivity index (χ0) is 20.8. The molecule has 150 valence electrons. The van der Waals surface area contributed by atoms with Crippen LogP contribution in [0.1, 0.15) is 15.2 Å². The monoisotopic (exact) mass is 449 g/mol. The highest BCUT2D eigenvalue weighted by atomic mass is 35.5. The smallest absolute Gasteiger partial charge is 0.321 e. The molecule has 29 heavy (non-hydrogen) atoms. The largest absolute Gasteiger partial charge is 0.351 e. The minimum atomic E-state index is -0.408. The highest BCUT2D eigenvalue weighted by Crippen LogP contribution is 2.27. The second-order valence-corrected chi connectivity index (χ2v) is 7.80. The second-order valence-electron chi connectivity index (χ2n) is 5.88. The van der Waals surface area contributed by atoms with Gasteiger partial charge >= 0.3 is 6.03 Å². The van der Waals surface area contributed by atoms with Gasteiger partial charge in [0.1, 0.15) is 0 Å². The SMILES string of the molecule is CNC(=O)Nc1nccc(-c2ccc(C(=O)NCCc3ccc(Cl)cc3Cl)s2)n1. The number of benzene rings is 1. The van der Waals surface area contributed by atoms with Gasteiger partial charge in [-0.2, -0.15) is 0 Å². The Labute approximate surface area is 181 Å². The van der Waals surface area contributed by atoms with Crippen LogP contribution in [0.15, 0.2) is 42.6 Å². The zero-order valence-electron chi connectivity index (χ0n) is 15.3. The molecule has 2 heterocycles. The van der Waals surface area contributed by atoms with Crippen molar-refractivity contribution in [3.8, 4) is 10.6 Å². The van der Waals surface area contributed by atoms with E-state index in [1.807, 2.05) is 12.1 Å². The summed E-state index contributed by atoms with van der Waals surface area (Å²) in [6.45, 7) is 0.446. The van der Waals surface area contributed by atoms with Crippen molar-refractivity contribution in [2.24, 2.45) is 0 Å². The zero-order valence-corrected chi connectivity index (χ0v) is 17.7. The van der Waals surface area contributed by atoms with Gasteiger partial charge in [-0.15, -0.1) is 11.3 Å². The summed E-state index contributed by atoms with van der Waals surface area (Å²) in [6.07, 6.45) is 2.14. The van der Waals surface area contributed by atoms with Crippen LogP contribution in [0.5, 0.6) is 0 Å². The molecule has 0 saturated heterocycles. The van der Waals surface area contributed by atoms with Crippen molar-refractivity contribution in [2.75, 3.05) is 18.9 Å². The lowest BCUT2D eigenvalue weighted by atomic mass is 10.1. The lowest BCUT2D eigenvalue weighted by Crippen LogP contribution is -2.25. The maximum atomic E-state index is 12.4. The van der Waals surface area contributed by atoms with E-state index in [1.165, 1.54) is 18.4 Å². The highest BCUT2D eigenvalue weighted by molar-refractivity contribution is 7.17. The molecule has 2 aromatic heterocycles. The molecule has 0 aliphatic heterocycles. The number of amides is 3. The first-order valence-corrected chi connectivity index (χ1v) is 10.2. The summed E-state index contributed by atoms with van der Waals surface area (Å²) in [5.41, 5.74) is 1.53. The molecule has 3 N–H and O–H groups in total. The van der Waals surface area contributed by atoms with E-state index >= 15 is 0 Å². The first-order valence-electron chi connectivity index (χ1n) is 8.60. The summed E-state index contributed by atoms with van der Waals surface area (Å²) in [5, 5.41) is 8.99. The van der Waals surface area contributed by atoms with E-state index < -0.39 is 6.03 Å². The minimum absolute atomic E-state index is 0.177. The van der Waals surface area contributed by atoms with E-state index in [9.17, 15) is 9.59 Å². The third-order valence-electron chi connectivity index (χ3n) is 3.89. The molecule has 0 saturated carbocycles. The van der Waals surface area contributed by atoms with E-state index in [4.69, 9.17) is 23.2 Å². The quantitative estimate of drug-likeness (QED) is 0.524. The van der Waals surface area contributed by atoms with Crippen molar-refractivity contribution in [3.05, 3.63) is 63.1 Å². The van der Waals surface area contributed by atoms with Crippen LogP contribution in [-0.4, -0.2) is 35.5 Å². The third-order valence-corrected chi connectivity index (χ3v) is 5.58. The number of halogens is 2. The van der Waals surface area contributed by atoms with Gasteiger partial charge in [-0.3, -0.25) is 10.1 Å². The van der Waals surface area contributed by atoms with Gasteiger partial charge in [0.05, 0.1) is 15.4 Å². The van der Waals surface area contributed by atoms with Crippen LogP contribution >= 0.6 is 34.5 Å². The average molecular weight is 450 g/mol. The number of rotatable bonds is 6. The number of nitrogens with zero attached hydrogens (tertiary/aromatic N) is 2. The minimum Gasteiger partial charge on any atom is -0.351 e. The maximum absolute atomic E-state index is 12.4. The molecule has 7 nitrogen and oxygen atoms in total. The number of hydrogen-bond acceptors (Lipinski definition) is 5. The fourth-order valence-electron chi connectivity index (χ4n) is 2.44. The van der Waals surface area contributed by atoms with Crippen molar-refractivity contribution in [1.82, 2.24) is 20.6 Å². The van der Waals surface area contributed by atoms with Crippen molar-refractivity contribution >= 4 is 52.4 Å². The van der Waals surface area contributed by atoms with Crippen molar-refractivity contribution in [3.63, 3.8) is 0 Å². The van der Waals surface area contributed by atoms with Crippen molar-refractivity contribution in [2.45, 2.75) is 6.42 Å². The van der Waals surface area contributed by atoms with Crippen LogP contribution in [0.2, 0.25) is 10.0 Å². The van der Waals surface area contributed by atoms with Crippen molar-refractivity contribution in [1.29, 1.82) is 0 Å². The molecule has 0 aliphatic carbocycles. The van der Waals surface area contributed by atoms with Gasteiger partial charge in [0, 0.05) is 29.8 Å². The molecule has 0 unspecified atom stereocenters. The lowest BCUT2D eigenvalue weighted by molar-refractivity contribution is 0.0958. The Bertz CT molecular complexity index is 1040. The normalized spacial score (nSPS) is 10.4. The number of carbonyl (C=O) groups excluding carboxylic acids is 2. The Morgan fingerprint density at radius 2 is 1.97 bits per heavy atom. The molecule has 0 radical (unpaired) electrons. The second kappa shape index (κ2) is 9.69. The Morgan fingerprint density at radius 1 is 1.14 bits per heavy atom. The number of nitrogens with one attached hydrogen (secondary N) is 3. The molecule has 10 heteroatoms. The number of thiophene rings is 1. The van der Waals surface area contributed by atoms with Crippen LogP contribution in [0.25, 0.3) is 10.6 Å². The molecule has 0 fully saturated rings. The summed E-state index contributed by atoms with van der Waals surface area (Å²) >= 11 is 13.3. The fourth-order valence-corrected chi connectivity index (χ4v) is 3.84. The summed E-state index contributed by atoms with van der Waals surface area (Å²) in [4.78, 5) is 33.5. The summed E-state index contributed by atoms with van der Waals surface area (Å²) in [7, 11) is 1.50. The average Bonchev–Trinajstić information content (AvgIpc) is 3.20. The summed E-state index contributed by atoms with van der Waals surface area (Å²) in [6, 6.07) is 10.1. The Balaban J connectivity index is 1.61. The molecular formula is C19H17Cl2N5O2S. The Hall–Kier alpha value is -2.68. The topological polar surface area (TPSA) is 96.0 Å². The van der Waals surface area contributed by atoms with Gasteiger partial charge in [-0.05, 0) is 42.3 Å². The van der Waals surface area contributed by atoms with Crippen LogP contribution in [0.3, 0.4) is 0 Å². The third kappa shape index (κ3) is 5.66. The van der Waals surface area contributed by atoms with E-state index in [1.54, 1.807) is 30.5 Å². The van der Waals surface area contributed by atoms with Gasteiger partial charge in [0.25, 0.3) is 5.91 Å². The number of aromatic nitrogens is 2. The van der Waals surface area contributed by atoms with Gasteiger partial charge < -0.3 is 10.6 Å². The fraction of sp³-hybridized carbons (Fsp3) is 0.158. The summed E-state index contributed by atoms with van der Waals surface area (Å²) in [5.74, 6) is 0.00481. The first-order chi connectivity index (χ1) is 14.0. The molecule has 0 atom stereocenters.